The van der Waals surface area contributed by atoms with Crippen molar-refractivity contribution in [2.75, 3.05) is 14.2 Å². The Morgan fingerprint density at radius 3 is 2.53 bits per heavy atom. The molecular formula is C10H11ClO4. The molecule has 1 unspecified atom stereocenters. The van der Waals surface area contributed by atoms with Gasteiger partial charge >= 0.3 is 5.97 Å². The molecule has 0 spiro atoms. The summed E-state index contributed by atoms with van der Waals surface area (Å²) in [4.78, 5) is 10.8. The van der Waals surface area contributed by atoms with E-state index >= 15 is 0 Å². The summed E-state index contributed by atoms with van der Waals surface area (Å²) in [6.45, 7) is 0. The van der Waals surface area contributed by atoms with Gasteiger partial charge in [0.25, 0.3) is 0 Å². The van der Waals surface area contributed by atoms with Crippen LogP contribution in [0, 0.1) is 0 Å². The molecule has 0 saturated heterocycles. The molecule has 1 atom stereocenters. The fraction of sp³-hybridized carbons (Fsp3) is 0.300. The number of rotatable bonds is 4. The topological polar surface area (TPSA) is 55.8 Å². The van der Waals surface area contributed by atoms with Crippen molar-refractivity contribution >= 4 is 17.6 Å². The number of hydrogen-bond donors (Lipinski definition) is 1. The van der Waals surface area contributed by atoms with E-state index < -0.39 is 12.1 Å². The Bertz CT molecular complexity index is 364. The lowest BCUT2D eigenvalue weighted by molar-refractivity contribution is -0.148. The molecule has 15 heavy (non-hydrogen) atoms. The van der Waals surface area contributed by atoms with Gasteiger partial charge in [0.05, 0.1) is 12.1 Å². The minimum Gasteiger partial charge on any atom is -0.497 e. The molecule has 1 rings (SSSR count). The maximum absolute atomic E-state index is 10.8. The molecule has 1 aromatic carbocycles. The molecule has 82 valence electrons. The average Bonchev–Trinajstić information content (AvgIpc) is 2.20. The summed E-state index contributed by atoms with van der Waals surface area (Å²) in [5.74, 6) is -0.506. The molecule has 0 amide bonds. The highest BCUT2D eigenvalue weighted by molar-refractivity contribution is 6.31. The summed E-state index contributed by atoms with van der Waals surface area (Å²) >= 11 is 5.90. The number of benzene rings is 1. The molecule has 0 aromatic heterocycles. The third-order valence-electron chi connectivity index (χ3n) is 1.95. The van der Waals surface area contributed by atoms with E-state index in [9.17, 15) is 4.79 Å². The van der Waals surface area contributed by atoms with Crippen molar-refractivity contribution < 1.29 is 19.4 Å². The first-order valence-electron chi connectivity index (χ1n) is 4.19. The number of methoxy groups -OCH3 is 2. The predicted molar refractivity (Wildman–Crippen MR) is 55.4 cm³/mol. The Morgan fingerprint density at radius 1 is 1.47 bits per heavy atom. The Kier molecular flexibility index (Phi) is 3.94. The Labute approximate surface area is 92.4 Å². The minimum absolute atomic E-state index is 0.309. The minimum atomic E-state index is -1.08. The molecule has 0 heterocycles. The van der Waals surface area contributed by atoms with Crippen LogP contribution in [0.2, 0.25) is 5.02 Å². The van der Waals surface area contributed by atoms with Crippen molar-refractivity contribution in [3.05, 3.63) is 28.8 Å². The van der Waals surface area contributed by atoms with Gasteiger partial charge in [-0.05, 0) is 12.1 Å². The Morgan fingerprint density at radius 2 is 2.13 bits per heavy atom. The number of ether oxygens (including phenoxy) is 2. The third-order valence-corrected chi connectivity index (χ3v) is 2.28. The number of carbonyl (C=O) groups is 1. The van der Waals surface area contributed by atoms with Crippen LogP contribution in [0.3, 0.4) is 0 Å². The second-order valence-corrected chi connectivity index (χ2v) is 3.25. The van der Waals surface area contributed by atoms with Crippen LogP contribution in [-0.2, 0) is 9.53 Å². The number of carboxylic acids is 1. The molecule has 4 nitrogen and oxygen atoms in total. The lowest BCUT2D eigenvalue weighted by Gasteiger charge is -2.13. The first kappa shape index (κ1) is 11.8. The van der Waals surface area contributed by atoms with E-state index in [4.69, 9.17) is 26.2 Å². The summed E-state index contributed by atoms with van der Waals surface area (Å²) in [7, 11) is 2.83. The van der Waals surface area contributed by atoms with E-state index in [0.29, 0.717) is 16.3 Å². The van der Waals surface area contributed by atoms with Crippen LogP contribution in [0.5, 0.6) is 5.75 Å². The van der Waals surface area contributed by atoms with Crippen molar-refractivity contribution in [1.29, 1.82) is 0 Å². The summed E-state index contributed by atoms with van der Waals surface area (Å²) in [6.07, 6.45) is -1.05. The highest BCUT2D eigenvalue weighted by Gasteiger charge is 2.21. The molecular weight excluding hydrogens is 220 g/mol. The summed E-state index contributed by atoms with van der Waals surface area (Å²) in [5.41, 5.74) is 0.410. The van der Waals surface area contributed by atoms with Gasteiger partial charge in [-0.25, -0.2) is 4.79 Å². The highest BCUT2D eigenvalue weighted by Crippen LogP contribution is 2.29. The molecule has 1 aromatic rings. The van der Waals surface area contributed by atoms with Crippen LogP contribution in [-0.4, -0.2) is 25.3 Å². The fourth-order valence-electron chi connectivity index (χ4n) is 1.21. The van der Waals surface area contributed by atoms with Crippen molar-refractivity contribution in [1.82, 2.24) is 0 Å². The second kappa shape index (κ2) is 5.00. The van der Waals surface area contributed by atoms with Gasteiger partial charge in [-0.15, -0.1) is 0 Å². The molecule has 0 aliphatic heterocycles. The van der Waals surface area contributed by atoms with Crippen LogP contribution in [0.25, 0.3) is 0 Å². The fourth-order valence-corrected chi connectivity index (χ4v) is 1.48. The zero-order valence-electron chi connectivity index (χ0n) is 8.36. The predicted octanol–water partition coefficient (Wildman–Crippen LogP) is 2.12. The monoisotopic (exact) mass is 230 g/mol. The maximum Gasteiger partial charge on any atom is 0.337 e. The normalized spacial score (nSPS) is 12.2. The van der Waals surface area contributed by atoms with Gasteiger partial charge in [-0.3, -0.25) is 0 Å². The van der Waals surface area contributed by atoms with Crippen LogP contribution in [0.1, 0.15) is 11.7 Å². The zero-order chi connectivity index (χ0) is 11.4. The van der Waals surface area contributed by atoms with E-state index in [0.717, 1.165) is 0 Å². The van der Waals surface area contributed by atoms with Gasteiger partial charge in [0.15, 0.2) is 6.10 Å². The Balaban J connectivity index is 3.08. The van der Waals surface area contributed by atoms with Gasteiger partial charge < -0.3 is 14.6 Å². The van der Waals surface area contributed by atoms with Gasteiger partial charge in [-0.2, -0.15) is 0 Å². The van der Waals surface area contributed by atoms with Gasteiger partial charge in [0.2, 0.25) is 0 Å². The van der Waals surface area contributed by atoms with E-state index in [1.165, 1.54) is 14.2 Å². The lowest BCUT2D eigenvalue weighted by Crippen LogP contribution is -2.13. The van der Waals surface area contributed by atoms with Crippen LogP contribution < -0.4 is 4.74 Å². The number of carboxylic acid groups (broad SMARTS) is 1. The molecule has 5 heteroatoms. The summed E-state index contributed by atoms with van der Waals surface area (Å²) < 4.78 is 9.78. The molecule has 0 radical (unpaired) electrons. The molecule has 0 aliphatic carbocycles. The van der Waals surface area contributed by atoms with Crippen LogP contribution >= 0.6 is 11.6 Å². The smallest absolute Gasteiger partial charge is 0.337 e. The van der Waals surface area contributed by atoms with Gasteiger partial charge in [-0.1, -0.05) is 17.7 Å². The number of hydrogen-bond acceptors (Lipinski definition) is 3. The van der Waals surface area contributed by atoms with Crippen LogP contribution in [0.4, 0.5) is 0 Å². The summed E-state index contributed by atoms with van der Waals surface area (Å²) in [5, 5.41) is 9.17. The summed E-state index contributed by atoms with van der Waals surface area (Å²) in [6, 6.07) is 4.76. The van der Waals surface area contributed by atoms with E-state index in [2.05, 4.69) is 0 Å². The number of aliphatic carboxylic acids is 1. The first-order chi connectivity index (χ1) is 7.10. The SMILES string of the molecule is COc1ccc(C(OC)C(=O)O)c(Cl)c1. The third kappa shape index (κ3) is 2.61. The van der Waals surface area contributed by atoms with Crippen molar-refractivity contribution in [2.45, 2.75) is 6.10 Å². The van der Waals surface area contributed by atoms with Crippen molar-refractivity contribution in [2.24, 2.45) is 0 Å². The standard InChI is InChI=1S/C10H11ClO4/c1-14-6-3-4-7(8(11)5-6)9(15-2)10(12)13/h3-5,9H,1-2H3,(H,12,13). The van der Waals surface area contributed by atoms with E-state index in [-0.39, 0.29) is 0 Å². The molecule has 0 fully saturated rings. The van der Waals surface area contributed by atoms with Gasteiger partial charge in [0, 0.05) is 12.7 Å². The van der Waals surface area contributed by atoms with Crippen LogP contribution in [0.15, 0.2) is 18.2 Å². The quantitative estimate of drug-likeness (QED) is 0.861. The zero-order valence-corrected chi connectivity index (χ0v) is 9.12. The first-order valence-corrected chi connectivity index (χ1v) is 4.57. The van der Waals surface area contributed by atoms with Crippen molar-refractivity contribution in [3.8, 4) is 5.75 Å². The van der Waals surface area contributed by atoms with Crippen molar-refractivity contribution in [3.63, 3.8) is 0 Å². The maximum atomic E-state index is 10.8. The largest absolute Gasteiger partial charge is 0.497 e. The van der Waals surface area contributed by atoms with E-state index in [1.54, 1.807) is 18.2 Å². The molecule has 1 N–H and O–H groups in total. The van der Waals surface area contributed by atoms with E-state index in [1.807, 2.05) is 0 Å². The molecule has 0 aliphatic rings. The molecule has 0 saturated carbocycles. The number of halogens is 1. The second-order valence-electron chi connectivity index (χ2n) is 2.84. The molecule has 0 bridgehead atoms. The average molecular weight is 231 g/mol. The van der Waals surface area contributed by atoms with Gasteiger partial charge in [0.1, 0.15) is 5.75 Å². The lowest BCUT2D eigenvalue weighted by atomic mass is 10.1. The Hall–Kier alpha value is -1.26. The highest BCUT2D eigenvalue weighted by atomic mass is 35.5.